The van der Waals surface area contributed by atoms with E-state index in [0.29, 0.717) is 11.7 Å². The Morgan fingerprint density at radius 3 is 2.80 bits per heavy atom. The van der Waals surface area contributed by atoms with Gasteiger partial charge in [-0.2, -0.15) is 0 Å². The maximum atomic E-state index is 6.23. The number of ether oxygens (including phenoxy) is 1. The first-order chi connectivity index (χ1) is 9.61. The second-order valence-corrected chi connectivity index (χ2v) is 6.07. The number of nitrogens with two attached hydrogens (primary N) is 1. The highest BCUT2D eigenvalue weighted by atomic mass is 35.5. The highest BCUT2D eigenvalue weighted by Gasteiger charge is 2.20. The van der Waals surface area contributed by atoms with E-state index in [9.17, 15) is 0 Å². The molecular formula is C14H18ClN3OS. The van der Waals surface area contributed by atoms with Gasteiger partial charge >= 0.3 is 0 Å². The lowest BCUT2D eigenvalue weighted by Gasteiger charge is -2.24. The summed E-state index contributed by atoms with van der Waals surface area (Å²) in [5.74, 6) is 0. The molecular weight excluding hydrogens is 294 g/mol. The van der Waals surface area contributed by atoms with Crippen LogP contribution in [-0.2, 0) is 11.3 Å². The lowest BCUT2D eigenvalue weighted by atomic mass is 10.0. The fourth-order valence-electron chi connectivity index (χ4n) is 2.08. The number of nitrogens with one attached hydrogen (secondary N) is 1. The molecule has 0 saturated heterocycles. The Kier molecular flexibility index (Phi) is 5.37. The van der Waals surface area contributed by atoms with Crippen molar-refractivity contribution in [3.8, 4) is 0 Å². The predicted molar refractivity (Wildman–Crippen MR) is 84.0 cm³/mol. The second-order valence-electron chi connectivity index (χ2n) is 4.51. The normalized spacial score (nSPS) is 14.2. The Bertz CT molecular complexity index is 561. The fourth-order valence-corrected chi connectivity index (χ4v) is 2.96. The number of anilines is 1. The second kappa shape index (κ2) is 7.04. The summed E-state index contributed by atoms with van der Waals surface area (Å²) in [5.41, 5.74) is 6.61. The molecule has 1 aromatic heterocycles. The van der Waals surface area contributed by atoms with E-state index in [-0.39, 0.29) is 12.1 Å². The van der Waals surface area contributed by atoms with E-state index < -0.39 is 0 Å². The molecule has 0 aliphatic carbocycles. The summed E-state index contributed by atoms with van der Waals surface area (Å²) >= 11 is 7.72. The van der Waals surface area contributed by atoms with Gasteiger partial charge in [0.1, 0.15) is 0 Å². The third-order valence-corrected chi connectivity index (χ3v) is 4.26. The van der Waals surface area contributed by atoms with E-state index in [4.69, 9.17) is 22.1 Å². The molecule has 0 bridgehead atoms. The smallest absolute Gasteiger partial charge is 0.180 e. The quantitative estimate of drug-likeness (QED) is 0.859. The minimum Gasteiger partial charge on any atom is -0.375 e. The van der Waals surface area contributed by atoms with Gasteiger partial charge in [0.2, 0.25) is 0 Å². The molecule has 1 aromatic carbocycles. The number of thiazole rings is 1. The molecule has 2 atom stereocenters. The molecule has 0 radical (unpaired) electrons. The van der Waals surface area contributed by atoms with Gasteiger partial charge < -0.3 is 15.8 Å². The number of aromatic nitrogens is 1. The van der Waals surface area contributed by atoms with Crippen LogP contribution >= 0.6 is 22.9 Å². The fraction of sp³-hybridized carbons (Fsp3) is 0.357. The van der Waals surface area contributed by atoms with Gasteiger partial charge in [-0.05, 0) is 13.0 Å². The Hall–Kier alpha value is -1.14. The van der Waals surface area contributed by atoms with Crippen molar-refractivity contribution in [1.82, 2.24) is 10.3 Å². The monoisotopic (exact) mass is 311 g/mol. The molecule has 2 rings (SSSR count). The van der Waals surface area contributed by atoms with Crippen LogP contribution in [0.25, 0.3) is 0 Å². The number of nitrogen functional groups attached to an aromatic ring is 1. The first-order valence-electron chi connectivity index (χ1n) is 6.32. The zero-order chi connectivity index (χ0) is 14.5. The lowest BCUT2D eigenvalue weighted by Crippen LogP contribution is -2.32. The van der Waals surface area contributed by atoms with Crippen molar-refractivity contribution in [3.63, 3.8) is 0 Å². The van der Waals surface area contributed by atoms with Crippen LogP contribution in [0.5, 0.6) is 0 Å². The van der Waals surface area contributed by atoms with Crippen LogP contribution in [-0.4, -0.2) is 18.1 Å². The van der Waals surface area contributed by atoms with E-state index in [1.807, 2.05) is 24.3 Å². The molecule has 0 saturated carbocycles. The highest BCUT2D eigenvalue weighted by Crippen LogP contribution is 2.27. The molecule has 6 heteroatoms. The number of hydrogen-bond acceptors (Lipinski definition) is 5. The van der Waals surface area contributed by atoms with Gasteiger partial charge in [-0.15, -0.1) is 11.3 Å². The van der Waals surface area contributed by atoms with Crippen molar-refractivity contribution in [2.75, 3.05) is 12.8 Å². The third-order valence-electron chi connectivity index (χ3n) is 3.09. The van der Waals surface area contributed by atoms with Crippen molar-refractivity contribution in [3.05, 3.63) is 45.9 Å². The number of hydrogen-bond donors (Lipinski definition) is 2. The zero-order valence-corrected chi connectivity index (χ0v) is 13.0. The van der Waals surface area contributed by atoms with E-state index in [1.165, 1.54) is 11.3 Å². The van der Waals surface area contributed by atoms with Gasteiger partial charge in [0.15, 0.2) is 5.13 Å². The van der Waals surface area contributed by atoms with Crippen molar-refractivity contribution in [1.29, 1.82) is 0 Å². The van der Waals surface area contributed by atoms with E-state index in [0.717, 1.165) is 15.5 Å². The molecule has 0 fully saturated rings. The van der Waals surface area contributed by atoms with Crippen LogP contribution in [0.4, 0.5) is 5.13 Å². The summed E-state index contributed by atoms with van der Waals surface area (Å²) in [6, 6.07) is 7.85. The largest absolute Gasteiger partial charge is 0.375 e. The van der Waals surface area contributed by atoms with Crippen molar-refractivity contribution in [2.24, 2.45) is 0 Å². The number of methoxy groups -OCH3 is 1. The molecule has 0 aliphatic heterocycles. The summed E-state index contributed by atoms with van der Waals surface area (Å²) in [4.78, 5) is 5.14. The average Bonchev–Trinajstić information content (AvgIpc) is 2.85. The summed E-state index contributed by atoms with van der Waals surface area (Å²) in [6.07, 6.45) is 1.69. The molecule has 108 valence electrons. The maximum absolute atomic E-state index is 6.23. The summed E-state index contributed by atoms with van der Waals surface area (Å²) < 4.78 is 5.59. The van der Waals surface area contributed by atoms with Gasteiger partial charge in [0, 0.05) is 41.4 Å². The van der Waals surface area contributed by atoms with Crippen molar-refractivity contribution < 1.29 is 4.74 Å². The summed E-state index contributed by atoms with van der Waals surface area (Å²) in [6.45, 7) is 2.78. The molecule has 0 amide bonds. The molecule has 0 spiro atoms. The predicted octanol–water partition coefficient (Wildman–Crippen LogP) is 3.24. The minimum absolute atomic E-state index is 0.103. The first-order valence-corrected chi connectivity index (χ1v) is 7.52. The molecule has 20 heavy (non-hydrogen) atoms. The first kappa shape index (κ1) is 15.3. The van der Waals surface area contributed by atoms with Gasteiger partial charge in [0.25, 0.3) is 0 Å². The molecule has 3 N–H and O–H groups in total. The van der Waals surface area contributed by atoms with Gasteiger partial charge in [-0.25, -0.2) is 4.98 Å². The minimum atomic E-state index is -0.103. The average molecular weight is 312 g/mol. The third kappa shape index (κ3) is 3.70. The number of halogens is 1. The van der Waals surface area contributed by atoms with E-state index in [2.05, 4.69) is 17.2 Å². The van der Waals surface area contributed by atoms with Crippen LogP contribution in [0.3, 0.4) is 0 Å². The van der Waals surface area contributed by atoms with E-state index >= 15 is 0 Å². The molecule has 4 nitrogen and oxygen atoms in total. The van der Waals surface area contributed by atoms with Crippen molar-refractivity contribution in [2.45, 2.75) is 25.6 Å². The van der Waals surface area contributed by atoms with Crippen LogP contribution in [0.2, 0.25) is 5.02 Å². The van der Waals surface area contributed by atoms with Gasteiger partial charge in [-0.1, -0.05) is 29.8 Å². The topological polar surface area (TPSA) is 60.2 Å². The Balaban J connectivity index is 2.02. The SMILES string of the molecule is COC(c1ccccc1Cl)C(C)NCc1cnc(N)s1. The molecule has 2 aromatic rings. The van der Waals surface area contributed by atoms with Crippen LogP contribution in [0.15, 0.2) is 30.5 Å². The van der Waals surface area contributed by atoms with Crippen LogP contribution < -0.4 is 11.1 Å². The van der Waals surface area contributed by atoms with E-state index in [1.54, 1.807) is 13.3 Å². The Morgan fingerprint density at radius 1 is 1.45 bits per heavy atom. The Morgan fingerprint density at radius 2 is 2.20 bits per heavy atom. The van der Waals surface area contributed by atoms with Crippen LogP contribution in [0, 0.1) is 0 Å². The lowest BCUT2D eigenvalue weighted by molar-refractivity contribution is 0.0731. The number of nitrogens with zero attached hydrogens (tertiary/aromatic N) is 1. The summed E-state index contributed by atoms with van der Waals surface area (Å²) in [5, 5.41) is 4.72. The van der Waals surface area contributed by atoms with Gasteiger partial charge in [0.05, 0.1) is 6.10 Å². The molecule has 0 aliphatic rings. The zero-order valence-electron chi connectivity index (χ0n) is 11.5. The van der Waals surface area contributed by atoms with Crippen molar-refractivity contribution >= 4 is 28.1 Å². The number of benzene rings is 1. The van der Waals surface area contributed by atoms with Crippen LogP contribution in [0.1, 0.15) is 23.5 Å². The number of rotatable bonds is 6. The maximum Gasteiger partial charge on any atom is 0.180 e. The molecule has 1 heterocycles. The molecule has 2 unspecified atom stereocenters. The Labute approximate surface area is 127 Å². The van der Waals surface area contributed by atoms with Gasteiger partial charge in [-0.3, -0.25) is 0 Å². The standard InChI is InChI=1S/C14H18ClN3OS/c1-9(17-7-10-8-18-14(16)20-10)13(19-2)11-5-3-4-6-12(11)15/h3-6,8-9,13,17H,7H2,1-2H3,(H2,16,18). The summed E-state index contributed by atoms with van der Waals surface area (Å²) in [7, 11) is 1.69. The highest BCUT2D eigenvalue weighted by molar-refractivity contribution is 7.15.